The van der Waals surface area contributed by atoms with Crippen molar-refractivity contribution in [1.29, 1.82) is 0 Å². The van der Waals surface area contributed by atoms with Crippen LogP contribution in [0.25, 0.3) is 0 Å². The number of nitrogens with zero attached hydrogens (tertiary/aromatic N) is 2. The maximum atomic E-state index is 12.8. The van der Waals surface area contributed by atoms with E-state index < -0.39 is 5.54 Å². The summed E-state index contributed by atoms with van der Waals surface area (Å²) in [5, 5.41) is 6.66. The number of para-hydroxylation sites is 1. The van der Waals surface area contributed by atoms with Gasteiger partial charge in [-0.25, -0.2) is 0 Å². The minimum Gasteiger partial charge on any atom is -0.324 e. The molecule has 0 saturated carbocycles. The number of carbonyl (C=O) groups is 1. The summed E-state index contributed by atoms with van der Waals surface area (Å²) < 4.78 is 0. The molecule has 1 fully saturated rings. The van der Waals surface area contributed by atoms with Crippen molar-refractivity contribution in [2.75, 3.05) is 18.4 Å². The van der Waals surface area contributed by atoms with Crippen LogP contribution in [0.4, 0.5) is 5.69 Å². The summed E-state index contributed by atoms with van der Waals surface area (Å²) in [7, 11) is 0. The van der Waals surface area contributed by atoms with E-state index >= 15 is 0 Å². The number of hydrogen-bond donors (Lipinski definition) is 2. The fraction of sp³-hybridized carbons (Fsp3) is 0.368. The second kappa shape index (κ2) is 6.34. The standard InChI is InChI=1S/C19H22N4O/c24-18-19(21-13-16-3-1-2-4-17(16)22-18)7-11-23(12-8-19)14-15-5-9-20-10-6-15/h1-6,9-10,21H,7-8,11-14H2,(H,22,24). The molecule has 1 aromatic heterocycles. The fourth-order valence-corrected chi connectivity index (χ4v) is 3.63. The molecule has 1 aromatic carbocycles. The first-order valence-electron chi connectivity index (χ1n) is 8.51. The predicted molar refractivity (Wildman–Crippen MR) is 93.4 cm³/mol. The van der Waals surface area contributed by atoms with Crippen LogP contribution in [0.3, 0.4) is 0 Å². The second-order valence-corrected chi connectivity index (χ2v) is 6.68. The molecule has 124 valence electrons. The van der Waals surface area contributed by atoms with Crippen molar-refractivity contribution in [3.8, 4) is 0 Å². The molecular weight excluding hydrogens is 300 g/mol. The number of anilines is 1. The van der Waals surface area contributed by atoms with Gasteiger partial charge in [0.2, 0.25) is 5.91 Å². The van der Waals surface area contributed by atoms with Gasteiger partial charge < -0.3 is 5.32 Å². The number of fused-ring (bicyclic) bond motifs is 1. The number of nitrogens with one attached hydrogen (secondary N) is 2. The Morgan fingerprint density at radius 1 is 1.08 bits per heavy atom. The van der Waals surface area contributed by atoms with E-state index in [9.17, 15) is 4.79 Å². The molecule has 2 aliphatic heterocycles. The van der Waals surface area contributed by atoms with Gasteiger partial charge in [0, 0.05) is 44.3 Å². The second-order valence-electron chi connectivity index (χ2n) is 6.68. The number of aromatic nitrogens is 1. The van der Waals surface area contributed by atoms with Crippen molar-refractivity contribution in [3.63, 3.8) is 0 Å². The van der Waals surface area contributed by atoms with Crippen LogP contribution in [0.1, 0.15) is 24.0 Å². The summed E-state index contributed by atoms with van der Waals surface area (Å²) in [6, 6.07) is 12.1. The number of carbonyl (C=O) groups excluding carboxylic acids is 1. The largest absolute Gasteiger partial charge is 0.324 e. The van der Waals surface area contributed by atoms with Crippen LogP contribution < -0.4 is 10.6 Å². The molecule has 2 N–H and O–H groups in total. The van der Waals surface area contributed by atoms with E-state index in [-0.39, 0.29) is 5.91 Å². The molecule has 24 heavy (non-hydrogen) atoms. The van der Waals surface area contributed by atoms with Gasteiger partial charge in [0.1, 0.15) is 5.54 Å². The Hall–Kier alpha value is -2.24. The summed E-state index contributed by atoms with van der Waals surface area (Å²) in [5.74, 6) is 0.107. The van der Waals surface area contributed by atoms with Crippen LogP contribution in [0, 0.1) is 0 Å². The third kappa shape index (κ3) is 2.92. The van der Waals surface area contributed by atoms with Crippen LogP contribution in [-0.4, -0.2) is 34.4 Å². The third-order valence-corrected chi connectivity index (χ3v) is 5.18. The lowest BCUT2D eigenvalue weighted by atomic mass is 9.86. The molecule has 2 aliphatic rings. The molecular formula is C19H22N4O. The zero-order valence-corrected chi connectivity index (χ0v) is 13.7. The molecule has 0 bridgehead atoms. The number of likely N-dealkylation sites (tertiary alicyclic amines) is 1. The number of pyridine rings is 1. The normalized spacial score (nSPS) is 20.2. The molecule has 1 saturated heterocycles. The van der Waals surface area contributed by atoms with E-state index in [2.05, 4.69) is 38.7 Å². The molecule has 0 radical (unpaired) electrons. The molecule has 1 amide bonds. The predicted octanol–water partition coefficient (Wildman–Crippen LogP) is 2.16. The number of rotatable bonds is 2. The smallest absolute Gasteiger partial charge is 0.244 e. The Morgan fingerprint density at radius 3 is 2.62 bits per heavy atom. The van der Waals surface area contributed by atoms with Crippen molar-refractivity contribution >= 4 is 11.6 Å². The van der Waals surface area contributed by atoms with Gasteiger partial charge in [0.15, 0.2) is 0 Å². The Kier molecular flexibility index (Phi) is 4.04. The van der Waals surface area contributed by atoms with Gasteiger partial charge in [-0.05, 0) is 42.2 Å². The van der Waals surface area contributed by atoms with Crippen LogP contribution in [-0.2, 0) is 17.9 Å². The number of amides is 1. The minimum absolute atomic E-state index is 0.107. The highest BCUT2D eigenvalue weighted by molar-refractivity contribution is 5.99. The average molecular weight is 322 g/mol. The minimum atomic E-state index is -0.451. The molecule has 5 nitrogen and oxygen atoms in total. The molecule has 1 spiro atoms. The van der Waals surface area contributed by atoms with Gasteiger partial charge in [-0.1, -0.05) is 18.2 Å². The lowest BCUT2D eigenvalue weighted by Gasteiger charge is -2.40. The highest BCUT2D eigenvalue weighted by atomic mass is 16.2. The Morgan fingerprint density at radius 2 is 1.83 bits per heavy atom. The lowest BCUT2D eigenvalue weighted by Crippen LogP contribution is -2.58. The SMILES string of the molecule is O=C1Nc2ccccc2CNC12CCN(Cc1ccncc1)CC2. The molecule has 3 heterocycles. The Balaban J connectivity index is 1.44. The van der Waals surface area contributed by atoms with E-state index in [4.69, 9.17) is 0 Å². The van der Waals surface area contributed by atoms with Crippen molar-refractivity contribution in [1.82, 2.24) is 15.2 Å². The summed E-state index contributed by atoms with van der Waals surface area (Å²) in [6.45, 7) is 3.48. The van der Waals surface area contributed by atoms with Gasteiger partial charge in [0.25, 0.3) is 0 Å². The molecule has 0 unspecified atom stereocenters. The molecule has 2 aromatic rings. The summed E-state index contributed by atoms with van der Waals surface area (Å²) >= 11 is 0. The zero-order valence-electron chi connectivity index (χ0n) is 13.7. The van der Waals surface area contributed by atoms with Gasteiger partial charge >= 0.3 is 0 Å². The van der Waals surface area contributed by atoms with Crippen LogP contribution >= 0.6 is 0 Å². The lowest BCUT2D eigenvalue weighted by molar-refractivity contribution is -0.124. The summed E-state index contributed by atoms with van der Waals surface area (Å²) in [5.41, 5.74) is 2.91. The van der Waals surface area contributed by atoms with Crippen molar-refractivity contribution in [2.45, 2.75) is 31.5 Å². The molecule has 5 heteroatoms. The van der Waals surface area contributed by atoms with Gasteiger partial charge in [-0.2, -0.15) is 0 Å². The number of piperidine rings is 1. The quantitative estimate of drug-likeness (QED) is 0.890. The van der Waals surface area contributed by atoms with E-state index in [0.29, 0.717) is 0 Å². The third-order valence-electron chi connectivity index (χ3n) is 5.18. The van der Waals surface area contributed by atoms with Crippen LogP contribution in [0.5, 0.6) is 0 Å². The van der Waals surface area contributed by atoms with Gasteiger partial charge in [-0.15, -0.1) is 0 Å². The van der Waals surface area contributed by atoms with Crippen LogP contribution in [0.2, 0.25) is 0 Å². The first-order chi connectivity index (χ1) is 11.8. The Labute approximate surface area is 142 Å². The van der Waals surface area contributed by atoms with Crippen LogP contribution in [0.15, 0.2) is 48.8 Å². The van der Waals surface area contributed by atoms with Crippen molar-refractivity contribution in [3.05, 3.63) is 59.9 Å². The first-order valence-corrected chi connectivity index (χ1v) is 8.51. The zero-order chi connectivity index (χ0) is 16.4. The van der Waals surface area contributed by atoms with E-state index in [1.165, 1.54) is 5.56 Å². The summed E-state index contributed by atoms with van der Waals surface area (Å²) in [4.78, 5) is 19.3. The van der Waals surface area contributed by atoms with E-state index in [1.807, 2.05) is 30.6 Å². The van der Waals surface area contributed by atoms with Gasteiger partial charge in [0.05, 0.1) is 0 Å². The summed E-state index contributed by atoms with van der Waals surface area (Å²) in [6.07, 6.45) is 5.33. The maximum Gasteiger partial charge on any atom is 0.244 e. The van der Waals surface area contributed by atoms with Crippen molar-refractivity contribution in [2.24, 2.45) is 0 Å². The number of benzene rings is 1. The monoisotopic (exact) mass is 322 g/mol. The van der Waals surface area contributed by atoms with Crippen molar-refractivity contribution < 1.29 is 4.79 Å². The van der Waals surface area contributed by atoms with E-state index in [0.717, 1.165) is 50.3 Å². The average Bonchev–Trinajstić information content (AvgIpc) is 2.76. The highest BCUT2D eigenvalue weighted by Crippen LogP contribution is 2.29. The maximum absolute atomic E-state index is 12.8. The Bertz CT molecular complexity index is 723. The topological polar surface area (TPSA) is 57.3 Å². The number of hydrogen-bond acceptors (Lipinski definition) is 4. The molecule has 0 aliphatic carbocycles. The molecule has 4 rings (SSSR count). The van der Waals surface area contributed by atoms with E-state index in [1.54, 1.807) is 0 Å². The highest BCUT2D eigenvalue weighted by Gasteiger charge is 2.42. The molecule has 0 atom stereocenters. The fourth-order valence-electron chi connectivity index (χ4n) is 3.63. The van der Waals surface area contributed by atoms with Gasteiger partial charge in [-0.3, -0.25) is 20.0 Å². The first kappa shape index (κ1) is 15.3.